The Bertz CT molecular complexity index is 1220. The number of benzene rings is 2. The molecule has 0 radical (unpaired) electrons. The first-order valence-electron chi connectivity index (χ1n) is 9.79. The van der Waals surface area contributed by atoms with Gasteiger partial charge in [-0.1, -0.05) is 24.3 Å². The van der Waals surface area contributed by atoms with Crippen LogP contribution in [-0.4, -0.2) is 32.2 Å². The van der Waals surface area contributed by atoms with Crippen molar-refractivity contribution in [2.75, 3.05) is 7.05 Å². The van der Waals surface area contributed by atoms with Crippen molar-refractivity contribution in [3.05, 3.63) is 82.8 Å². The van der Waals surface area contributed by atoms with Crippen LogP contribution in [0.1, 0.15) is 32.9 Å². The average Bonchev–Trinajstić information content (AvgIpc) is 3.22. The number of amides is 1. The summed E-state index contributed by atoms with van der Waals surface area (Å²) in [7, 11) is 3.85. The van der Waals surface area contributed by atoms with Gasteiger partial charge in [-0.3, -0.25) is 4.79 Å². The van der Waals surface area contributed by atoms with E-state index in [2.05, 4.69) is 26.0 Å². The molecular formula is C24H26N4O. The monoisotopic (exact) mass is 386 g/mol. The van der Waals surface area contributed by atoms with Crippen molar-refractivity contribution in [1.82, 2.24) is 19.2 Å². The SMILES string of the molecule is Cc1ccccc1-n1nc(C)c(CN(C)C(=O)c2cccc3c2ccn3C)c1C. The number of nitrogens with zero attached hydrogens (tertiary/aromatic N) is 4. The Morgan fingerprint density at radius 2 is 1.79 bits per heavy atom. The van der Waals surface area contributed by atoms with Crippen molar-refractivity contribution < 1.29 is 4.79 Å². The maximum Gasteiger partial charge on any atom is 0.254 e. The number of carbonyl (C=O) groups is 1. The minimum atomic E-state index is 0.0178. The summed E-state index contributed by atoms with van der Waals surface area (Å²) >= 11 is 0. The zero-order chi connectivity index (χ0) is 20.7. The molecule has 0 unspecified atom stereocenters. The first-order valence-corrected chi connectivity index (χ1v) is 9.79. The lowest BCUT2D eigenvalue weighted by molar-refractivity contribution is 0.0786. The molecule has 4 aromatic rings. The summed E-state index contributed by atoms with van der Waals surface area (Å²) in [4.78, 5) is 15.0. The molecule has 2 heterocycles. The number of carbonyl (C=O) groups excluding carboxylic acids is 1. The van der Waals surface area contributed by atoms with Crippen LogP contribution < -0.4 is 0 Å². The fraction of sp³-hybridized carbons (Fsp3) is 0.250. The summed E-state index contributed by atoms with van der Waals surface area (Å²) in [6.45, 7) is 6.68. The van der Waals surface area contributed by atoms with Crippen LogP contribution in [0.2, 0.25) is 0 Å². The molecule has 2 aromatic heterocycles. The Morgan fingerprint density at radius 3 is 2.55 bits per heavy atom. The van der Waals surface area contributed by atoms with Gasteiger partial charge in [-0.15, -0.1) is 0 Å². The van der Waals surface area contributed by atoms with E-state index in [1.165, 1.54) is 5.56 Å². The summed E-state index contributed by atoms with van der Waals surface area (Å²) in [5, 5.41) is 5.74. The number of aryl methyl sites for hydroxylation is 3. The highest BCUT2D eigenvalue weighted by molar-refractivity contribution is 6.06. The maximum atomic E-state index is 13.2. The number of fused-ring (bicyclic) bond motifs is 1. The van der Waals surface area contributed by atoms with E-state index in [1.54, 1.807) is 4.90 Å². The largest absolute Gasteiger partial charge is 0.351 e. The van der Waals surface area contributed by atoms with Crippen LogP contribution >= 0.6 is 0 Å². The van der Waals surface area contributed by atoms with E-state index in [4.69, 9.17) is 5.10 Å². The smallest absolute Gasteiger partial charge is 0.254 e. The molecule has 0 bridgehead atoms. The molecule has 0 spiro atoms. The highest BCUT2D eigenvalue weighted by Crippen LogP contribution is 2.24. The first kappa shape index (κ1) is 19.0. The molecular weight excluding hydrogens is 360 g/mol. The fourth-order valence-electron chi connectivity index (χ4n) is 3.94. The third-order valence-corrected chi connectivity index (χ3v) is 5.69. The minimum absolute atomic E-state index is 0.0178. The van der Waals surface area contributed by atoms with E-state index in [9.17, 15) is 4.79 Å². The van der Waals surface area contributed by atoms with Crippen LogP contribution in [0, 0.1) is 20.8 Å². The quantitative estimate of drug-likeness (QED) is 0.516. The van der Waals surface area contributed by atoms with Crippen molar-refractivity contribution >= 4 is 16.8 Å². The van der Waals surface area contributed by atoms with Crippen LogP contribution in [0.3, 0.4) is 0 Å². The van der Waals surface area contributed by atoms with Crippen LogP contribution in [0.5, 0.6) is 0 Å². The lowest BCUT2D eigenvalue weighted by Gasteiger charge is -2.18. The molecule has 4 rings (SSSR count). The van der Waals surface area contributed by atoms with Gasteiger partial charge in [0.15, 0.2) is 0 Å². The molecule has 0 aliphatic heterocycles. The molecule has 5 nitrogen and oxygen atoms in total. The third-order valence-electron chi connectivity index (χ3n) is 5.69. The van der Waals surface area contributed by atoms with Crippen LogP contribution in [0.25, 0.3) is 16.6 Å². The lowest BCUT2D eigenvalue weighted by Crippen LogP contribution is -2.26. The van der Waals surface area contributed by atoms with Gasteiger partial charge in [0.25, 0.3) is 5.91 Å². The molecule has 0 fully saturated rings. The van der Waals surface area contributed by atoms with Gasteiger partial charge in [-0.05, 0) is 50.6 Å². The minimum Gasteiger partial charge on any atom is -0.351 e. The number of aromatic nitrogens is 3. The second-order valence-corrected chi connectivity index (χ2v) is 7.67. The van der Waals surface area contributed by atoms with Crippen LogP contribution in [0.15, 0.2) is 54.7 Å². The summed E-state index contributed by atoms with van der Waals surface area (Å²) < 4.78 is 4.02. The molecule has 0 N–H and O–H groups in total. The van der Waals surface area contributed by atoms with Gasteiger partial charge in [-0.25, -0.2) is 4.68 Å². The molecule has 0 aliphatic rings. The predicted octanol–water partition coefficient (Wildman–Crippen LogP) is 4.56. The Hall–Kier alpha value is -3.34. The Kier molecular flexibility index (Phi) is 4.74. The molecule has 0 saturated carbocycles. The van der Waals surface area contributed by atoms with Gasteiger partial charge in [0.1, 0.15) is 0 Å². The zero-order valence-corrected chi connectivity index (χ0v) is 17.6. The molecule has 5 heteroatoms. The van der Waals surface area contributed by atoms with Gasteiger partial charge in [-0.2, -0.15) is 5.10 Å². The van der Waals surface area contributed by atoms with Gasteiger partial charge in [0.2, 0.25) is 0 Å². The second kappa shape index (κ2) is 7.24. The van der Waals surface area contributed by atoms with Crippen LogP contribution in [-0.2, 0) is 13.6 Å². The highest BCUT2D eigenvalue weighted by Gasteiger charge is 2.20. The van der Waals surface area contributed by atoms with E-state index in [-0.39, 0.29) is 5.91 Å². The topological polar surface area (TPSA) is 43.1 Å². The summed E-state index contributed by atoms with van der Waals surface area (Å²) in [6.07, 6.45) is 1.99. The number of hydrogen-bond acceptors (Lipinski definition) is 2. The zero-order valence-electron chi connectivity index (χ0n) is 17.6. The van der Waals surface area contributed by atoms with Crippen molar-refractivity contribution in [2.45, 2.75) is 27.3 Å². The standard InChI is InChI=1S/C24H26N4O/c1-16-9-6-7-11-22(16)28-18(3)21(17(2)25-28)15-27(5)24(29)20-10-8-12-23-19(20)13-14-26(23)4/h6-14H,15H2,1-5H3. The Balaban J connectivity index is 1.66. The number of hydrogen-bond donors (Lipinski definition) is 0. The van der Waals surface area contributed by atoms with E-state index in [0.29, 0.717) is 6.54 Å². The number of para-hydroxylation sites is 1. The molecule has 0 atom stereocenters. The molecule has 29 heavy (non-hydrogen) atoms. The summed E-state index contributed by atoms with van der Waals surface area (Å²) in [6, 6.07) is 16.1. The molecule has 0 aliphatic carbocycles. The van der Waals surface area contributed by atoms with Crippen molar-refractivity contribution in [2.24, 2.45) is 7.05 Å². The van der Waals surface area contributed by atoms with E-state index >= 15 is 0 Å². The normalized spacial score (nSPS) is 11.2. The van der Waals surface area contributed by atoms with Crippen molar-refractivity contribution in [3.8, 4) is 5.69 Å². The van der Waals surface area contributed by atoms with Crippen LogP contribution in [0.4, 0.5) is 0 Å². The van der Waals surface area contributed by atoms with Gasteiger partial charge < -0.3 is 9.47 Å². The predicted molar refractivity (Wildman–Crippen MR) is 116 cm³/mol. The van der Waals surface area contributed by atoms with Crippen molar-refractivity contribution in [3.63, 3.8) is 0 Å². The third kappa shape index (κ3) is 3.23. The van der Waals surface area contributed by atoms with Gasteiger partial charge in [0.05, 0.1) is 11.4 Å². The Labute approximate surface area is 171 Å². The molecule has 148 valence electrons. The van der Waals surface area contributed by atoms with E-state index in [0.717, 1.165) is 39.1 Å². The van der Waals surface area contributed by atoms with Gasteiger partial charge in [0, 0.05) is 54.6 Å². The van der Waals surface area contributed by atoms with Gasteiger partial charge >= 0.3 is 0 Å². The highest BCUT2D eigenvalue weighted by atomic mass is 16.2. The second-order valence-electron chi connectivity index (χ2n) is 7.67. The number of rotatable bonds is 4. The average molecular weight is 386 g/mol. The fourth-order valence-corrected chi connectivity index (χ4v) is 3.94. The first-order chi connectivity index (χ1) is 13.9. The molecule has 2 aromatic carbocycles. The Morgan fingerprint density at radius 1 is 1.03 bits per heavy atom. The van der Waals surface area contributed by atoms with E-state index < -0.39 is 0 Å². The summed E-state index contributed by atoms with van der Waals surface area (Å²) in [5.74, 6) is 0.0178. The molecule has 0 saturated heterocycles. The lowest BCUT2D eigenvalue weighted by atomic mass is 10.1. The maximum absolute atomic E-state index is 13.2. The van der Waals surface area contributed by atoms with E-state index in [1.807, 2.05) is 72.9 Å². The molecule has 1 amide bonds. The summed E-state index contributed by atoms with van der Waals surface area (Å²) in [5.41, 5.74) is 7.13. The van der Waals surface area contributed by atoms with Crippen molar-refractivity contribution in [1.29, 1.82) is 0 Å².